The highest BCUT2D eigenvalue weighted by Gasteiger charge is 2.30. The Labute approximate surface area is 160 Å². The molecule has 1 aromatic rings. The summed E-state index contributed by atoms with van der Waals surface area (Å²) in [7, 11) is -3.16. The van der Waals surface area contributed by atoms with Gasteiger partial charge < -0.3 is 5.11 Å². The summed E-state index contributed by atoms with van der Waals surface area (Å²) in [6.07, 6.45) is 1.35. The topological polar surface area (TPSA) is 77.9 Å². The quantitative estimate of drug-likeness (QED) is 0.747. The van der Waals surface area contributed by atoms with Crippen molar-refractivity contribution in [2.24, 2.45) is 0 Å². The minimum absolute atomic E-state index is 0. The van der Waals surface area contributed by atoms with Crippen LogP contribution in [0.15, 0.2) is 6.07 Å². The molecular formula is C16H27ClN2O4S2. The molecule has 1 N–H and O–H groups in total. The van der Waals surface area contributed by atoms with Crippen LogP contribution >= 0.6 is 23.7 Å². The van der Waals surface area contributed by atoms with E-state index in [1.54, 1.807) is 18.3 Å². The largest absolute Gasteiger partial charge is 0.480 e. The van der Waals surface area contributed by atoms with Crippen molar-refractivity contribution in [1.29, 1.82) is 0 Å². The van der Waals surface area contributed by atoms with Gasteiger partial charge in [-0.1, -0.05) is 0 Å². The molecule has 144 valence electrons. The van der Waals surface area contributed by atoms with Gasteiger partial charge in [0.15, 0.2) is 0 Å². The van der Waals surface area contributed by atoms with Crippen molar-refractivity contribution in [2.75, 3.05) is 25.4 Å². The van der Waals surface area contributed by atoms with Gasteiger partial charge in [-0.2, -0.15) is 0 Å². The number of carboxylic acid groups (broad SMARTS) is 1. The SMILES string of the molecule is CCS(=O)(=O)N1CCC(N(CC(=O)O)Cc2cc(C)sc2C)CC1.Cl. The van der Waals surface area contributed by atoms with Gasteiger partial charge in [-0.25, -0.2) is 12.7 Å². The molecule has 0 aromatic carbocycles. The predicted molar refractivity (Wildman–Crippen MR) is 103 cm³/mol. The number of piperidine rings is 1. The number of carboxylic acids is 1. The average Bonchev–Trinajstić information content (AvgIpc) is 2.84. The lowest BCUT2D eigenvalue weighted by Crippen LogP contribution is -2.48. The molecule has 1 aliphatic heterocycles. The second-order valence-electron chi connectivity index (χ2n) is 6.27. The van der Waals surface area contributed by atoms with E-state index in [1.165, 1.54) is 19.6 Å². The van der Waals surface area contributed by atoms with E-state index < -0.39 is 16.0 Å². The van der Waals surface area contributed by atoms with Crippen LogP contribution in [0, 0.1) is 13.8 Å². The van der Waals surface area contributed by atoms with E-state index in [1.807, 2.05) is 4.90 Å². The van der Waals surface area contributed by atoms with E-state index in [4.69, 9.17) is 0 Å². The molecule has 0 unspecified atom stereocenters. The van der Waals surface area contributed by atoms with E-state index in [0.29, 0.717) is 32.5 Å². The van der Waals surface area contributed by atoms with Crippen molar-refractivity contribution >= 4 is 39.7 Å². The normalized spacial score (nSPS) is 16.8. The Balaban J connectivity index is 0.00000312. The first-order chi connectivity index (χ1) is 11.2. The van der Waals surface area contributed by atoms with Crippen LogP contribution in [0.1, 0.15) is 35.1 Å². The number of rotatable bonds is 7. The highest BCUT2D eigenvalue weighted by Crippen LogP contribution is 2.25. The van der Waals surface area contributed by atoms with Gasteiger partial charge in [0, 0.05) is 35.4 Å². The van der Waals surface area contributed by atoms with Crippen LogP contribution in [0.3, 0.4) is 0 Å². The zero-order valence-corrected chi connectivity index (χ0v) is 17.3. The maximum Gasteiger partial charge on any atom is 0.317 e. The Morgan fingerprint density at radius 1 is 1.36 bits per heavy atom. The molecule has 2 rings (SSSR count). The van der Waals surface area contributed by atoms with Crippen molar-refractivity contribution in [3.63, 3.8) is 0 Å². The summed E-state index contributed by atoms with van der Waals surface area (Å²) in [6.45, 7) is 7.30. The summed E-state index contributed by atoms with van der Waals surface area (Å²) < 4.78 is 25.5. The van der Waals surface area contributed by atoms with E-state index >= 15 is 0 Å². The van der Waals surface area contributed by atoms with E-state index in [-0.39, 0.29) is 30.7 Å². The molecule has 0 spiro atoms. The standard InChI is InChI=1S/C16H26N2O4S2.ClH/c1-4-24(21,22)18-7-5-15(6-8-18)17(11-16(19)20)10-14-9-12(2)23-13(14)3;/h9,15H,4-8,10-11H2,1-3H3,(H,19,20);1H. The minimum atomic E-state index is -3.16. The molecule has 0 aliphatic carbocycles. The Morgan fingerprint density at radius 3 is 2.40 bits per heavy atom. The number of sulfonamides is 1. The van der Waals surface area contributed by atoms with Gasteiger partial charge in [0.05, 0.1) is 12.3 Å². The first kappa shape index (κ1) is 22.4. The van der Waals surface area contributed by atoms with Crippen molar-refractivity contribution in [3.8, 4) is 0 Å². The van der Waals surface area contributed by atoms with Crippen LogP contribution in [0.25, 0.3) is 0 Å². The summed E-state index contributed by atoms with van der Waals surface area (Å²) in [4.78, 5) is 15.7. The summed E-state index contributed by atoms with van der Waals surface area (Å²) in [5.41, 5.74) is 1.17. The third-order valence-corrected chi connectivity index (χ3v) is 7.44. The molecule has 1 aliphatic rings. The average molecular weight is 411 g/mol. The van der Waals surface area contributed by atoms with Gasteiger partial charge in [0.25, 0.3) is 0 Å². The fourth-order valence-corrected chi connectivity index (χ4v) is 5.29. The number of aryl methyl sites for hydroxylation is 2. The van der Waals surface area contributed by atoms with Crippen LogP contribution in [-0.2, 0) is 21.4 Å². The van der Waals surface area contributed by atoms with Crippen molar-refractivity contribution < 1.29 is 18.3 Å². The van der Waals surface area contributed by atoms with Crippen LogP contribution in [0.2, 0.25) is 0 Å². The molecule has 0 radical (unpaired) electrons. The molecule has 0 amide bonds. The molecule has 2 heterocycles. The van der Waals surface area contributed by atoms with Crippen molar-refractivity contribution in [3.05, 3.63) is 21.4 Å². The highest BCUT2D eigenvalue weighted by atomic mass is 35.5. The number of halogens is 1. The van der Waals surface area contributed by atoms with Crippen molar-refractivity contribution in [1.82, 2.24) is 9.21 Å². The monoisotopic (exact) mass is 410 g/mol. The molecule has 6 nitrogen and oxygen atoms in total. The second-order valence-corrected chi connectivity index (χ2v) is 9.99. The highest BCUT2D eigenvalue weighted by molar-refractivity contribution is 7.89. The molecule has 0 bridgehead atoms. The number of hydrogen-bond donors (Lipinski definition) is 1. The Bertz CT molecular complexity index is 682. The predicted octanol–water partition coefficient (Wildman–Crippen LogP) is 2.49. The third kappa shape index (κ3) is 5.92. The summed E-state index contributed by atoms with van der Waals surface area (Å²) in [5.74, 6) is -0.729. The third-order valence-electron chi connectivity index (χ3n) is 4.55. The van der Waals surface area contributed by atoms with Crippen molar-refractivity contribution in [2.45, 2.75) is 46.2 Å². The molecule has 0 saturated carbocycles. The van der Waals surface area contributed by atoms with Crippen LogP contribution in [0.4, 0.5) is 0 Å². The molecule has 25 heavy (non-hydrogen) atoms. The Morgan fingerprint density at radius 2 is 1.96 bits per heavy atom. The summed E-state index contributed by atoms with van der Waals surface area (Å²) in [5, 5.41) is 9.24. The number of aliphatic carboxylic acids is 1. The molecule has 0 atom stereocenters. The first-order valence-electron chi connectivity index (χ1n) is 8.22. The lowest BCUT2D eigenvalue weighted by atomic mass is 10.0. The van der Waals surface area contributed by atoms with Gasteiger partial charge in [-0.05, 0) is 45.2 Å². The molecule has 1 saturated heterocycles. The van der Waals surface area contributed by atoms with Gasteiger partial charge >= 0.3 is 5.97 Å². The maximum atomic E-state index is 12.0. The first-order valence-corrected chi connectivity index (χ1v) is 10.6. The lowest BCUT2D eigenvalue weighted by molar-refractivity contribution is -0.139. The van der Waals surface area contributed by atoms with E-state index in [0.717, 1.165) is 0 Å². The number of hydrogen-bond acceptors (Lipinski definition) is 5. The van der Waals surface area contributed by atoms with Gasteiger partial charge in [-0.15, -0.1) is 23.7 Å². The maximum absolute atomic E-state index is 12.0. The minimum Gasteiger partial charge on any atom is -0.480 e. The molecule has 1 aromatic heterocycles. The Hall–Kier alpha value is -0.670. The zero-order chi connectivity index (χ0) is 17.9. The number of nitrogens with zero attached hydrogens (tertiary/aromatic N) is 2. The van der Waals surface area contributed by atoms with Gasteiger partial charge in [0.1, 0.15) is 0 Å². The Kier molecular flexibility index (Phi) is 8.34. The number of carbonyl (C=O) groups is 1. The summed E-state index contributed by atoms with van der Waals surface area (Å²) in [6, 6.07) is 2.22. The fraction of sp³-hybridized carbons (Fsp3) is 0.688. The lowest BCUT2D eigenvalue weighted by Gasteiger charge is -2.37. The zero-order valence-electron chi connectivity index (χ0n) is 14.9. The van der Waals surface area contributed by atoms with Gasteiger partial charge in [-0.3, -0.25) is 9.69 Å². The second kappa shape index (κ2) is 9.32. The fourth-order valence-electron chi connectivity index (χ4n) is 3.22. The molecular weight excluding hydrogens is 384 g/mol. The molecule has 1 fully saturated rings. The number of thiophene rings is 1. The van der Waals surface area contributed by atoms with E-state index in [9.17, 15) is 18.3 Å². The van der Waals surface area contributed by atoms with Crippen LogP contribution in [0.5, 0.6) is 0 Å². The smallest absolute Gasteiger partial charge is 0.317 e. The van der Waals surface area contributed by atoms with Crippen LogP contribution in [-0.4, -0.2) is 60.1 Å². The van der Waals surface area contributed by atoms with E-state index in [2.05, 4.69) is 19.9 Å². The summed E-state index contributed by atoms with van der Waals surface area (Å²) >= 11 is 1.72. The van der Waals surface area contributed by atoms with Gasteiger partial charge in [0.2, 0.25) is 10.0 Å². The van der Waals surface area contributed by atoms with Crippen LogP contribution < -0.4 is 0 Å². The molecule has 9 heteroatoms.